The first kappa shape index (κ1) is 16.2. The van der Waals surface area contributed by atoms with E-state index in [-0.39, 0.29) is 0 Å². The summed E-state index contributed by atoms with van der Waals surface area (Å²) in [6, 6.07) is 0. The van der Waals surface area contributed by atoms with Gasteiger partial charge in [-0.05, 0) is 38.3 Å². The molecule has 0 atom stereocenters. The molecule has 1 aliphatic rings. The zero-order valence-corrected chi connectivity index (χ0v) is 14.2. The number of nitrogens with one attached hydrogen (secondary N) is 2. The second-order valence-corrected chi connectivity index (χ2v) is 6.45. The van der Waals surface area contributed by atoms with Crippen molar-refractivity contribution in [2.24, 2.45) is 10.9 Å². The Labute approximate surface area is 131 Å². The first-order valence-corrected chi connectivity index (χ1v) is 8.67. The van der Waals surface area contributed by atoms with E-state index in [1.807, 2.05) is 7.05 Å². The van der Waals surface area contributed by atoms with Crippen molar-refractivity contribution in [3.63, 3.8) is 0 Å². The van der Waals surface area contributed by atoms with Crippen molar-refractivity contribution in [1.82, 2.24) is 20.5 Å². The molecule has 0 saturated carbocycles. The van der Waals surface area contributed by atoms with E-state index < -0.39 is 0 Å². The summed E-state index contributed by atoms with van der Waals surface area (Å²) in [4.78, 5) is 11.3. The Bertz CT molecular complexity index is 449. The molecule has 0 bridgehead atoms. The number of hydrogen-bond donors (Lipinski definition) is 2. The Hall–Kier alpha value is -1.14. The number of guanidine groups is 1. The number of likely N-dealkylation sites (tertiary alicyclic amines) is 1. The molecule has 2 N–H and O–H groups in total. The van der Waals surface area contributed by atoms with Crippen LogP contribution in [0.25, 0.3) is 0 Å². The molecular weight excluding hydrogens is 282 g/mol. The second kappa shape index (κ2) is 8.34. The highest BCUT2D eigenvalue weighted by atomic mass is 32.1. The lowest BCUT2D eigenvalue weighted by Crippen LogP contribution is -2.41. The second-order valence-electron chi connectivity index (χ2n) is 5.51. The molecule has 6 heteroatoms. The van der Waals surface area contributed by atoms with E-state index in [1.165, 1.54) is 36.6 Å². The molecule has 0 spiro atoms. The van der Waals surface area contributed by atoms with Gasteiger partial charge in [0, 0.05) is 32.6 Å². The highest BCUT2D eigenvalue weighted by Gasteiger charge is 2.20. The smallest absolute Gasteiger partial charge is 0.190 e. The van der Waals surface area contributed by atoms with E-state index in [2.05, 4.69) is 37.8 Å². The van der Waals surface area contributed by atoms with Crippen LogP contribution in [0.4, 0.5) is 0 Å². The van der Waals surface area contributed by atoms with Gasteiger partial charge in [0.15, 0.2) is 5.96 Å². The van der Waals surface area contributed by atoms with Gasteiger partial charge in [0.2, 0.25) is 0 Å². The number of hydrogen-bond acceptors (Lipinski definition) is 4. The minimum atomic E-state index is 0.744. The maximum absolute atomic E-state index is 4.66. The summed E-state index contributed by atoms with van der Waals surface area (Å²) in [5.41, 5.74) is 1.24. The first-order valence-electron chi connectivity index (χ1n) is 7.79. The molecule has 1 aliphatic heterocycles. The summed E-state index contributed by atoms with van der Waals surface area (Å²) in [7, 11) is 3.70. The van der Waals surface area contributed by atoms with Crippen molar-refractivity contribution in [3.05, 3.63) is 16.1 Å². The molecule has 1 aromatic heterocycles. The minimum absolute atomic E-state index is 0.744. The quantitative estimate of drug-likeness (QED) is 0.642. The van der Waals surface area contributed by atoms with Crippen LogP contribution >= 0.6 is 11.3 Å². The Kier molecular flexibility index (Phi) is 6.45. The predicted octanol–water partition coefficient (Wildman–Crippen LogP) is 1.71. The van der Waals surface area contributed by atoms with Crippen molar-refractivity contribution >= 4 is 17.3 Å². The van der Waals surface area contributed by atoms with Gasteiger partial charge in [-0.1, -0.05) is 6.92 Å². The van der Waals surface area contributed by atoms with E-state index in [0.29, 0.717) is 0 Å². The topological polar surface area (TPSA) is 52.6 Å². The summed E-state index contributed by atoms with van der Waals surface area (Å²) >= 11 is 1.79. The lowest BCUT2D eigenvalue weighted by molar-refractivity contribution is 0.176. The summed E-state index contributed by atoms with van der Waals surface area (Å²) < 4.78 is 0. The van der Waals surface area contributed by atoms with Gasteiger partial charge in [-0.2, -0.15) is 0 Å². The summed E-state index contributed by atoms with van der Waals surface area (Å²) in [5.74, 6) is 1.62. The number of piperidine rings is 1. The van der Waals surface area contributed by atoms with Crippen LogP contribution in [-0.2, 0) is 13.0 Å². The minimum Gasteiger partial charge on any atom is -0.359 e. The van der Waals surface area contributed by atoms with Gasteiger partial charge >= 0.3 is 0 Å². The van der Waals surface area contributed by atoms with Gasteiger partial charge in [-0.15, -0.1) is 11.3 Å². The van der Waals surface area contributed by atoms with E-state index in [9.17, 15) is 0 Å². The Morgan fingerprint density at radius 2 is 2.24 bits per heavy atom. The van der Waals surface area contributed by atoms with Crippen molar-refractivity contribution in [2.75, 3.05) is 33.7 Å². The highest BCUT2D eigenvalue weighted by Crippen LogP contribution is 2.19. The third kappa shape index (κ3) is 4.97. The lowest BCUT2D eigenvalue weighted by Gasteiger charge is -2.31. The first-order chi connectivity index (χ1) is 10.2. The Balaban J connectivity index is 1.70. The Morgan fingerprint density at radius 1 is 1.48 bits per heavy atom. The number of rotatable bonds is 5. The molecular formula is C15H27N5S. The zero-order valence-electron chi connectivity index (χ0n) is 13.4. The molecule has 0 aromatic carbocycles. The SMILES string of the molecule is CCc1nc(CN2CCC(CNC(=NC)NC)CC2)cs1. The fourth-order valence-corrected chi connectivity index (χ4v) is 3.42. The molecule has 1 saturated heterocycles. The third-order valence-electron chi connectivity index (χ3n) is 4.01. The highest BCUT2D eigenvalue weighted by molar-refractivity contribution is 7.09. The van der Waals surface area contributed by atoms with Crippen LogP contribution in [0.1, 0.15) is 30.5 Å². The van der Waals surface area contributed by atoms with Crippen molar-refractivity contribution in [1.29, 1.82) is 0 Å². The molecule has 0 amide bonds. The number of aryl methyl sites for hydroxylation is 1. The molecule has 1 aromatic rings. The average Bonchev–Trinajstić information content (AvgIpc) is 2.97. The predicted molar refractivity (Wildman–Crippen MR) is 89.9 cm³/mol. The number of aromatic nitrogens is 1. The molecule has 0 aliphatic carbocycles. The fourth-order valence-electron chi connectivity index (χ4n) is 2.68. The van der Waals surface area contributed by atoms with Gasteiger partial charge in [0.25, 0.3) is 0 Å². The molecule has 0 radical (unpaired) electrons. The van der Waals surface area contributed by atoms with Crippen LogP contribution in [0.2, 0.25) is 0 Å². The number of nitrogens with zero attached hydrogens (tertiary/aromatic N) is 3. The van der Waals surface area contributed by atoms with E-state index in [0.717, 1.165) is 31.4 Å². The van der Waals surface area contributed by atoms with Crippen molar-refractivity contribution in [3.8, 4) is 0 Å². The zero-order chi connectivity index (χ0) is 15.1. The lowest BCUT2D eigenvalue weighted by atomic mass is 9.97. The van der Waals surface area contributed by atoms with E-state index in [1.54, 1.807) is 18.4 Å². The maximum atomic E-state index is 4.66. The van der Waals surface area contributed by atoms with Crippen molar-refractivity contribution in [2.45, 2.75) is 32.7 Å². The molecule has 0 unspecified atom stereocenters. The fraction of sp³-hybridized carbons (Fsp3) is 0.733. The molecule has 1 fully saturated rings. The summed E-state index contributed by atoms with van der Waals surface area (Å²) in [6.45, 7) is 6.53. The molecule has 5 nitrogen and oxygen atoms in total. The maximum Gasteiger partial charge on any atom is 0.190 e. The van der Waals surface area contributed by atoms with Crippen LogP contribution < -0.4 is 10.6 Å². The molecule has 118 valence electrons. The number of thiazole rings is 1. The number of aliphatic imine (C=N–C) groups is 1. The molecule has 2 heterocycles. The van der Waals surface area contributed by atoms with Gasteiger partial charge in [0.1, 0.15) is 0 Å². The van der Waals surface area contributed by atoms with Crippen LogP contribution in [0.5, 0.6) is 0 Å². The van der Waals surface area contributed by atoms with Crippen LogP contribution in [-0.4, -0.2) is 49.6 Å². The van der Waals surface area contributed by atoms with Crippen molar-refractivity contribution < 1.29 is 0 Å². The average molecular weight is 309 g/mol. The standard InChI is InChI=1S/C15H27N5S/c1-4-14-19-13(11-21-14)10-20-7-5-12(6-8-20)9-18-15(16-2)17-3/h11-12H,4-10H2,1-3H3,(H2,16,17,18). The van der Waals surface area contributed by atoms with Crippen LogP contribution in [0, 0.1) is 5.92 Å². The van der Waals surface area contributed by atoms with E-state index >= 15 is 0 Å². The normalized spacial score (nSPS) is 18.0. The van der Waals surface area contributed by atoms with Crippen LogP contribution in [0.3, 0.4) is 0 Å². The summed E-state index contributed by atoms with van der Waals surface area (Å²) in [5, 5.41) is 9.90. The third-order valence-corrected chi connectivity index (χ3v) is 5.06. The van der Waals surface area contributed by atoms with Gasteiger partial charge in [0.05, 0.1) is 10.7 Å². The van der Waals surface area contributed by atoms with Gasteiger partial charge < -0.3 is 10.6 Å². The largest absolute Gasteiger partial charge is 0.359 e. The van der Waals surface area contributed by atoms with Gasteiger partial charge in [-0.25, -0.2) is 4.98 Å². The van der Waals surface area contributed by atoms with Gasteiger partial charge in [-0.3, -0.25) is 9.89 Å². The monoisotopic (exact) mass is 309 g/mol. The van der Waals surface area contributed by atoms with E-state index in [4.69, 9.17) is 0 Å². The van der Waals surface area contributed by atoms with Crippen LogP contribution in [0.15, 0.2) is 10.4 Å². The summed E-state index contributed by atoms with van der Waals surface area (Å²) in [6.07, 6.45) is 3.54. The molecule has 2 rings (SSSR count). The Morgan fingerprint density at radius 3 is 2.81 bits per heavy atom. The molecule has 21 heavy (non-hydrogen) atoms.